The number of aliphatic hydroxyl groups excluding tert-OH is 10. The van der Waals surface area contributed by atoms with E-state index >= 15 is 0 Å². The predicted molar refractivity (Wildman–Crippen MR) is 253 cm³/mol. The Hall–Kier alpha value is -4.04. The highest BCUT2D eigenvalue weighted by Crippen LogP contribution is 2.35. The molecule has 0 aliphatic carbocycles. The molecule has 5 rings (SSSR count). The molecule has 14 N–H and O–H groups in total. The number of aliphatic hydroxyl groups is 10. The van der Waals surface area contributed by atoms with Crippen LogP contribution in [0.3, 0.4) is 0 Å². The number of carbonyl (C=O) groups excluding carboxylic acids is 4. The lowest BCUT2D eigenvalue weighted by molar-refractivity contribution is -0.361. The Morgan fingerprint density at radius 3 is 1.47 bits per heavy atom. The summed E-state index contributed by atoms with van der Waals surface area (Å²) in [5.41, 5.74) is 0.0817. The summed E-state index contributed by atoms with van der Waals surface area (Å²) < 4.78 is 47.4. The number of allylic oxidation sites excluding steroid dienone is 2. The number of unbranched alkanes of at least 4 members (excludes halogenated alkanes) is 5. The fourth-order valence-corrected chi connectivity index (χ4v) is 9.21. The van der Waals surface area contributed by atoms with Crippen LogP contribution in [0.5, 0.6) is 5.75 Å². The normalized spacial score (nSPS) is 36.5. The summed E-state index contributed by atoms with van der Waals surface area (Å²) in [7, 11) is 0. The Balaban J connectivity index is 1.32. The first-order valence-electron chi connectivity index (χ1n) is 25.0. The molecule has 0 aromatic heterocycles. The van der Waals surface area contributed by atoms with Gasteiger partial charge in [0, 0.05) is 26.3 Å². The van der Waals surface area contributed by atoms with E-state index in [1.165, 1.54) is 31.4 Å². The van der Waals surface area contributed by atoms with Crippen LogP contribution in [-0.2, 0) is 47.5 Å². The van der Waals surface area contributed by atoms with Crippen molar-refractivity contribution < 1.29 is 108 Å². The van der Waals surface area contributed by atoms with Crippen molar-refractivity contribution in [3.63, 3.8) is 0 Å². The maximum absolute atomic E-state index is 13.8. The molecule has 1 aromatic carbocycles. The van der Waals surface area contributed by atoms with Crippen molar-refractivity contribution >= 4 is 23.6 Å². The first-order valence-corrected chi connectivity index (χ1v) is 25.0. The number of ether oxygens (including phenoxy) is 8. The quantitative estimate of drug-likeness (QED) is 0.0326. The number of nitrogens with one attached hydrogen (secondary N) is 4. The van der Waals surface area contributed by atoms with Crippen LogP contribution in [0.1, 0.15) is 83.0 Å². The van der Waals surface area contributed by atoms with Gasteiger partial charge in [0.15, 0.2) is 25.2 Å². The first kappa shape index (κ1) is 60.8. The van der Waals surface area contributed by atoms with Crippen molar-refractivity contribution in [1.29, 1.82) is 0 Å². The zero-order valence-corrected chi connectivity index (χ0v) is 41.9. The molecule has 4 saturated heterocycles. The molecule has 26 heteroatoms. The Morgan fingerprint density at radius 2 is 0.986 bits per heavy atom. The van der Waals surface area contributed by atoms with Gasteiger partial charge in [0.25, 0.3) is 5.91 Å². The minimum atomic E-state index is -1.94. The highest BCUT2D eigenvalue weighted by atomic mass is 16.8. The maximum atomic E-state index is 13.8. The third-order valence-electron chi connectivity index (χ3n) is 13.0. The highest BCUT2D eigenvalue weighted by molar-refractivity contribution is 5.94. The summed E-state index contributed by atoms with van der Waals surface area (Å²) in [5.74, 6) is -2.58. The minimum Gasteiger partial charge on any atom is -0.494 e. The summed E-state index contributed by atoms with van der Waals surface area (Å²) in [6.45, 7) is 2.23. The van der Waals surface area contributed by atoms with Crippen LogP contribution >= 0.6 is 0 Å². The third kappa shape index (κ3) is 16.0. The molecule has 420 valence electrons. The van der Waals surface area contributed by atoms with E-state index in [1.807, 2.05) is 0 Å². The van der Waals surface area contributed by atoms with Gasteiger partial charge >= 0.3 is 0 Å². The number of hydrogen-bond donors (Lipinski definition) is 14. The predicted octanol–water partition coefficient (Wildman–Crippen LogP) is -4.19. The molecule has 0 spiro atoms. The molecule has 4 heterocycles. The van der Waals surface area contributed by atoms with Crippen molar-refractivity contribution in [2.75, 3.05) is 33.0 Å². The summed E-state index contributed by atoms with van der Waals surface area (Å²) in [6, 6.07) is -0.191. The van der Waals surface area contributed by atoms with E-state index in [1.54, 1.807) is 12.1 Å². The van der Waals surface area contributed by atoms with Crippen LogP contribution in [0.25, 0.3) is 0 Å². The average Bonchev–Trinajstić information content (AvgIpc) is 3.36. The Bertz CT molecular complexity index is 1960. The second-order valence-electron chi connectivity index (χ2n) is 18.7. The fraction of sp³-hybridized carbons (Fsp3) is 0.750. The van der Waals surface area contributed by atoms with E-state index in [0.717, 1.165) is 46.5 Å². The van der Waals surface area contributed by atoms with E-state index in [-0.39, 0.29) is 5.56 Å². The highest BCUT2D eigenvalue weighted by Gasteiger charge is 2.56. The minimum absolute atomic E-state index is 0.0817. The van der Waals surface area contributed by atoms with Gasteiger partial charge in [-0.15, -0.1) is 0 Å². The van der Waals surface area contributed by atoms with Gasteiger partial charge in [-0.3, -0.25) is 19.2 Å². The molecule has 4 amide bonds. The van der Waals surface area contributed by atoms with Crippen LogP contribution in [0.4, 0.5) is 0 Å². The number of rotatable bonds is 25. The molecular formula is C48H76N4O22. The second kappa shape index (κ2) is 29.5. The Labute approximate surface area is 428 Å². The van der Waals surface area contributed by atoms with Crippen LogP contribution < -0.4 is 26.0 Å². The van der Waals surface area contributed by atoms with Gasteiger partial charge in [-0.25, -0.2) is 0 Å². The van der Waals surface area contributed by atoms with Crippen molar-refractivity contribution in [1.82, 2.24) is 21.3 Å². The lowest BCUT2D eigenvalue weighted by atomic mass is 9.93. The average molecular weight is 1060 g/mol. The molecule has 4 aliphatic heterocycles. The first-order chi connectivity index (χ1) is 35.4. The lowest BCUT2D eigenvalue weighted by Gasteiger charge is -2.51. The van der Waals surface area contributed by atoms with E-state index < -0.39 is 173 Å². The van der Waals surface area contributed by atoms with Gasteiger partial charge in [0.05, 0.1) is 33.0 Å². The smallest absolute Gasteiger partial charge is 0.251 e. The van der Waals surface area contributed by atoms with Gasteiger partial charge in [-0.2, -0.15) is 0 Å². The zero-order valence-electron chi connectivity index (χ0n) is 41.9. The molecule has 0 saturated carbocycles. The van der Waals surface area contributed by atoms with Crippen LogP contribution in [0.15, 0.2) is 36.4 Å². The molecule has 26 nitrogen and oxygen atoms in total. The van der Waals surface area contributed by atoms with Gasteiger partial charge < -0.3 is 110 Å². The zero-order chi connectivity index (χ0) is 54.2. The number of amides is 4. The molecule has 20 atom stereocenters. The van der Waals surface area contributed by atoms with E-state index in [0.29, 0.717) is 12.4 Å². The van der Waals surface area contributed by atoms with Gasteiger partial charge in [0.1, 0.15) is 103 Å². The lowest BCUT2D eigenvalue weighted by Crippen LogP contribution is -2.71. The summed E-state index contributed by atoms with van der Waals surface area (Å²) in [5, 5.41) is 119. The van der Waals surface area contributed by atoms with Crippen molar-refractivity contribution in [3.8, 4) is 5.75 Å². The molecule has 12 unspecified atom stereocenters. The summed E-state index contributed by atoms with van der Waals surface area (Å²) in [6.07, 6.45) is -16.1. The van der Waals surface area contributed by atoms with Crippen molar-refractivity contribution in [2.45, 2.75) is 195 Å². The number of carbonyl (C=O) groups is 4. The van der Waals surface area contributed by atoms with Crippen molar-refractivity contribution in [3.05, 3.63) is 42.0 Å². The molecule has 4 fully saturated rings. The molecular weight excluding hydrogens is 985 g/mol. The van der Waals surface area contributed by atoms with Crippen molar-refractivity contribution in [2.24, 2.45) is 0 Å². The van der Waals surface area contributed by atoms with Crippen LogP contribution in [-0.4, -0.2) is 230 Å². The van der Waals surface area contributed by atoms with Gasteiger partial charge in [-0.1, -0.05) is 44.4 Å². The number of benzene rings is 1. The van der Waals surface area contributed by atoms with Gasteiger partial charge in [-0.05, 0) is 43.9 Å². The van der Waals surface area contributed by atoms with E-state index in [4.69, 9.17) is 37.9 Å². The van der Waals surface area contributed by atoms with E-state index in [2.05, 4.69) is 40.3 Å². The molecule has 0 radical (unpaired) electrons. The van der Waals surface area contributed by atoms with E-state index in [9.17, 15) is 70.2 Å². The monoisotopic (exact) mass is 1060 g/mol. The summed E-state index contributed by atoms with van der Waals surface area (Å²) in [4.78, 5) is 50.9. The Kier molecular flexibility index (Phi) is 24.2. The molecule has 74 heavy (non-hydrogen) atoms. The topological polar surface area (TPSA) is 393 Å². The van der Waals surface area contributed by atoms with Crippen LogP contribution in [0.2, 0.25) is 0 Å². The van der Waals surface area contributed by atoms with Gasteiger partial charge in [0.2, 0.25) is 17.7 Å². The standard InChI is InChI=1S/C48H76N4O22/c1-5-6-7-8-9-10-11-12-13-17-67-27-16-14-15-26(18-27)44(65)52-33-37(61)36(60)28(19-53)69-46(33)73-42-30(21-55)71-48(35(39(42)63)51-25(4)59)74-43-31(22-56)70-47(34(40(43)64)50-24(3)58)72-41-29(20-54)68-45(66)32(38(41)62)49-23(2)57/h10-11,14-16,18,28-43,45-48,53-56,60-64,66H,5-9,12-13,17,19-22H2,1-4H3,(H,49,57)(H,50,58)(H,51,59)(H,52,65)/b11-10-/t28?,29?,30?,31?,32?,33?,34?,35?,36-,37?,38?,39?,40?,41-,42-,43-,45-,46+,47+,48+/m1/s1. The third-order valence-corrected chi connectivity index (χ3v) is 13.0. The largest absolute Gasteiger partial charge is 0.494 e. The fourth-order valence-electron chi connectivity index (χ4n) is 9.21. The maximum Gasteiger partial charge on any atom is 0.251 e. The molecule has 0 bridgehead atoms. The number of hydrogen-bond acceptors (Lipinski definition) is 22. The summed E-state index contributed by atoms with van der Waals surface area (Å²) >= 11 is 0. The molecule has 1 aromatic rings. The molecule has 4 aliphatic rings. The Morgan fingerprint density at radius 1 is 0.541 bits per heavy atom. The van der Waals surface area contributed by atoms with Crippen LogP contribution in [0, 0.1) is 0 Å². The second-order valence-corrected chi connectivity index (χ2v) is 18.7. The SMILES string of the molecule is CCCCCC/C=C\CCCOc1cccc(C(=O)NC2C(O)[C@H](O)C(CO)O[C@H]2O[C@@H]2C(CO)O[C@@H](O[C@@H]3C(CO)O[C@@H](O[C@@H]4C(CO)O[C@@H](O)C(NC(C)=O)C4O)C(NC(C)=O)C3O)C(NC(C)=O)C2O)c1.